The lowest BCUT2D eigenvalue weighted by molar-refractivity contribution is 0.377. The lowest BCUT2D eigenvalue weighted by Gasteiger charge is -2.09. The Kier molecular flexibility index (Phi) is 2.78. The van der Waals surface area contributed by atoms with Crippen LogP contribution in [0.4, 0.5) is 0 Å². The molecular weight excluding hydrogens is 110 g/mol. The van der Waals surface area contributed by atoms with E-state index in [9.17, 15) is 0 Å². The maximum atomic E-state index is 2.49. The van der Waals surface area contributed by atoms with Gasteiger partial charge in [0.25, 0.3) is 0 Å². The highest BCUT2D eigenvalue weighted by molar-refractivity contribution is 4.82. The highest BCUT2D eigenvalue weighted by Crippen LogP contribution is 2.05. The molecule has 1 heterocycles. The van der Waals surface area contributed by atoms with Crippen LogP contribution < -0.4 is 0 Å². The third kappa shape index (κ3) is 2.19. The summed E-state index contributed by atoms with van der Waals surface area (Å²) in [5.74, 6) is 0. The van der Waals surface area contributed by atoms with Crippen molar-refractivity contribution in [1.29, 1.82) is 0 Å². The number of hydrogen-bond acceptors (Lipinski definition) is 1. The van der Waals surface area contributed by atoms with Gasteiger partial charge in [0.05, 0.1) is 0 Å². The summed E-state index contributed by atoms with van der Waals surface area (Å²) < 4.78 is 0. The highest BCUT2D eigenvalue weighted by atomic mass is 15.1. The van der Waals surface area contributed by atoms with E-state index in [0.717, 1.165) is 6.54 Å². The Morgan fingerprint density at radius 1 is 1.33 bits per heavy atom. The molecule has 0 aromatic carbocycles. The van der Waals surface area contributed by atoms with Crippen LogP contribution in [-0.2, 0) is 0 Å². The summed E-state index contributed by atoms with van der Waals surface area (Å²) in [6.07, 6.45) is 7.15. The van der Waals surface area contributed by atoms with E-state index in [-0.39, 0.29) is 0 Å². The maximum absolute atomic E-state index is 2.49. The molecule has 0 aromatic heterocycles. The van der Waals surface area contributed by atoms with E-state index in [4.69, 9.17) is 0 Å². The second kappa shape index (κ2) is 3.67. The molecule has 1 fully saturated rings. The summed E-state index contributed by atoms with van der Waals surface area (Å²) in [6.45, 7) is 5.86. The van der Waals surface area contributed by atoms with Crippen molar-refractivity contribution in [2.24, 2.45) is 0 Å². The first kappa shape index (κ1) is 6.81. The van der Waals surface area contributed by atoms with Crippen LogP contribution >= 0.6 is 0 Å². The van der Waals surface area contributed by atoms with E-state index < -0.39 is 0 Å². The molecular formula is C8H15N. The molecule has 0 amide bonds. The Morgan fingerprint density at radius 3 is 2.56 bits per heavy atom. The Morgan fingerprint density at radius 2 is 2.00 bits per heavy atom. The molecule has 0 aliphatic carbocycles. The summed E-state index contributed by atoms with van der Waals surface area (Å²) in [4.78, 5) is 2.49. The van der Waals surface area contributed by atoms with Crippen molar-refractivity contribution >= 4 is 0 Å². The largest absolute Gasteiger partial charge is 0.300 e. The van der Waals surface area contributed by atoms with Crippen molar-refractivity contribution in [3.05, 3.63) is 12.2 Å². The second-order valence-corrected chi connectivity index (χ2v) is 2.58. The molecule has 0 spiro atoms. The van der Waals surface area contributed by atoms with Crippen LogP contribution in [0.3, 0.4) is 0 Å². The fourth-order valence-corrected chi connectivity index (χ4v) is 1.22. The lowest BCUT2D eigenvalue weighted by atomic mass is 10.4. The van der Waals surface area contributed by atoms with Crippen LogP contribution in [0.5, 0.6) is 0 Å². The van der Waals surface area contributed by atoms with Crippen LogP contribution in [0.2, 0.25) is 0 Å². The number of rotatable bonds is 2. The standard InChI is InChI=1S/C8H15N/c1-2-3-6-9-7-4-5-8-9/h2-3H,4-8H2,1H3. The Hall–Kier alpha value is -0.300. The van der Waals surface area contributed by atoms with Gasteiger partial charge in [-0.3, -0.25) is 4.90 Å². The average molecular weight is 125 g/mol. The molecule has 1 rings (SSSR count). The van der Waals surface area contributed by atoms with E-state index >= 15 is 0 Å². The van der Waals surface area contributed by atoms with E-state index in [1.165, 1.54) is 25.9 Å². The molecule has 1 saturated heterocycles. The molecule has 1 aliphatic heterocycles. The van der Waals surface area contributed by atoms with Crippen molar-refractivity contribution in [2.45, 2.75) is 19.8 Å². The molecule has 1 aliphatic rings. The van der Waals surface area contributed by atoms with Gasteiger partial charge in [-0.2, -0.15) is 0 Å². The minimum absolute atomic E-state index is 1.16. The molecule has 0 saturated carbocycles. The van der Waals surface area contributed by atoms with Crippen molar-refractivity contribution in [1.82, 2.24) is 4.90 Å². The van der Waals surface area contributed by atoms with Gasteiger partial charge < -0.3 is 0 Å². The van der Waals surface area contributed by atoms with Crippen LogP contribution in [0.25, 0.3) is 0 Å². The summed E-state index contributed by atoms with van der Waals surface area (Å²) in [5.41, 5.74) is 0. The van der Waals surface area contributed by atoms with Gasteiger partial charge in [0, 0.05) is 6.54 Å². The van der Waals surface area contributed by atoms with Crippen LogP contribution in [0, 0.1) is 0 Å². The van der Waals surface area contributed by atoms with E-state index in [0.29, 0.717) is 0 Å². The minimum atomic E-state index is 1.16. The summed E-state index contributed by atoms with van der Waals surface area (Å²) >= 11 is 0. The quantitative estimate of drug-likeness (QED) is 0.507. The topological polar surface area (TPSA) is 3.24 Å². The van der Waals surface area contributed by atoms with Gasteiger partial charge in [-0.25, -0.2) is 0 Å². The molecule has 0 atom stereocenters. The zero-order valence-corrected chi connectivity index (χ0v) is 6.14. The zero-order valence-electron chi connectivity index (χ0n) is 6.14. The van der Waals surface area contributed by atoms with Gasteiger partial charge in [-0.1, -0.05) is 12.2 Å². The lowest BCUT2D eigenvalue weighted by Crippen LogP contribution is -2.18. The maximum Gasteiger partial charge on any atom is 0.0163 e. The van der Waals surface area contributed by atoms with Crippen LogP contribution in [-0.4, -0.2) is 24.5 Å². The number of hydrogen-bond donors (Lipinski definition) is 0. The fraction of sp³-hybridized carbons (Fsp3) is 0.750. The Balaban J connectivity index is 2.11. The third-order valence-electron chi connectivity index (χ3n) is 1.80. The molecule has 1 heteroatoms. The van der Waals surface area contributed by atoms with Gasteiger partial charge >= 0.3 is 0 Å². The summed E-state index contributed by atoms with van der Waals surface area (Å²) in [7, 11) is 0. The van der Waals surface area contributed by atoms with Crippen LogP contribution in [0.1, 0.15) is 19.8 Å². The smallest absolute Gasteiger partial charge is 0.0163 e. The van der Waals surface area contributed by atoms with E-state index in [1.54, 1.807) is 0 Å². The average Bonchev–Trinajstić information content (AvgIpc) is 2.34. The molecule has 0 N–H and O–H groups in total. The van der Waals surface area contributed by atoms with Crippen molar-refractivity contribution in [3.8, 4) is 0 Å². The first-order valence-electron chi connectivity index (χ1n) is 3.77. The predicted molar refractivity (Wildman–Crippen MR) is 40.5 cm³/mol. The van der Waals surface area contributed by atoms with Crippen molar-refractivity contribution in [2.75, 3.05) is 19.6 Å². The normalized spacial score (nSPS) is 21.9. The third-order valence-corrected chi connectivity index (χ3v) is 1.80. The number of likely N-dealkylation sites (tertiary alicyclic amines) is 1. The zero-order chi connectivity index (χ0) is 6.53. The monoisotopic (exact) mass is 125 g/mol. The minimum Gasteiger partial charge on any atom is -0.300 e. The van der Waals surface area contributed by atoms with Gasteiger partial charge in [0.2, 0.25) is 0 Å². The molecule has 0 bridgehead atoms. The van der Waals surface area contributed by atoms with E-state index in [2.05, 4.69) is 24.0 Å². The van der Waals surface area contributed by atoms with Crippen molar-refractivity contribution < 1.29 is 0 Å². The van der Waals surface area contributed by atoms with Gasteiger partial charge in [0.15, 0.2) is 0 Å². The van der Waals surface area contributed by atoms with Gasteiger partial charge in [0.1, 0.15) is 0 Å². The molecule has 9 heavy (non-hydrogen) atoms. The molecule has 0 unspecified atom stereocenters. The number of nitrogens with zero attached hydrogens (tertiary/aromatic N) is 1. The summed E-state index contributed by atoms with van der Waals surface area (Å²) in [6, 6.07) is 0. The van der Waals surface area contributed by atoms with Crippen molar-refractivity contribution in [3.63, 3.8) is 0 Å². The fourth-order valence-electron chi connectivity index (χ4n) is 1.22. The SMILES string of the molecule is CC=CCN1CCCC1. The number of allylic oxidation sites excluding steroid dienone is 1. The molecule has 0 aromatic rings. The highest BCUT2D eigenvalue weighted by Gasteiger charge is 2.07. The molecule has 1 nitrogen and oxygen atoms in total. The molecule has 52 valence electrons. The predicted octanol–water partition coefficient (Wildman–Crippen LogP) is 1.66. The van der Waals surface area contributed by atoms with Crippen LogP contribution in [0.15, 0.2) is 12.2 Å². The Labute approximate surface area is 57.4 Å². The first-order valence-corrected chi connectivity index (χ1v) is 3.77. The second-order valence-electron chi connectivity index (χ2n) is 2.58. The first-order chi connectivity index (χ1) is 4.43. The van der Waals surface area contributed by atoms with Gasteiger partial charge in [-0.05, 0) is 32.9 Å². The van der Waals surface area contributed by atoms with E-state index in [1.807, 2.05) is 0 Å². The molecule has 0 radical (unpaired) electrons. The van der Waals surface area contributed by atoms with Gasteiger partial charge in [-0.15, -0.1) is 0 Å². The Bertz CT molecular complexity index is 90.7. The summed E-state index contributed by atoms with van der Waals surface area (Å²) in [5, 5.41) is 0.